The number of sulfone groups is 1. The summed E-state index contributed by atoms with van der Waals surface area (Å²) in [5.74, 6) is -0.0965. The predicted molar refractivity (Wildman–Crippen MR) is 73.8 cm³/mol. The molecule has 0 fully saturated rings. The third-order valence-corrected chi connectivity index (χ3v) is 6.43. The van der Waals surface area contributed by atoms with Crippen molar-refractivity contribution in [3.05, 3.63) is 25.1 Å². The second kappa shape index (κ2) is 5.72. The predicted octanol–water partition coefficient (Wildman–Crippen LogP) is 5.14. The molecule has 8 heteroatoms. The van der Waals surface area contributed by atoms with E-state index in [0.717, 1.165) is 0 Å². The maximum absolute atomic E-state index is 12.0. The van der Waals surface area contributed by atoms with E-state index in [4.69, 9.17) is 58.0 Å². The van der Waals surface area contributed by atoms with Crippen molar-refractivity contribution in [1.29, 1.82) is 0 Å². The van der Waals surface area contributed by atoms with Crippen LogP contribution in [0.4, 0.5) is 0 Å². The minimum atomic E-state index is -3.62. The molecule has 0 aliphatic rings. The molecule has 0 unspecified atom stereocenters. The molecule has 0 heterocycles. The normalized spacial score (nSPS) is 11.9. The molecule has 0 spiro atoms. The Morgan fingerprint density at radius 1 is 0.824 bits per heavy atom. The second-order valence-corrected chi connectivity index (χ2v) is 7.15. The van der Waals surface area contributed by atoms with E-state index in [1.165, 1.54) is 0 Å². The fraction of sp³-hybridized carbons (Fsp3) is 0.333. The van der Waals surface area contributed by atoms with Gasteiger partial charge in [-0.2, -0.15) is 0 Å². The fourth-order valence-corrected chi connectivity index (χ4v) is 4.68. The molecule has 0 amide bonds. The van der Waals surface area contributed by atoms with Crippen molar-refractivity contribution >= 4 is 67.8 Å². The Kier molecular flexibility index (Phi) is 5.28. The minimum absolute atomic E-state index is 0.0567. The first-order chi connectivity index (χ1) is 7.74. The molecule has 1 aromatic carbocycles. The van der Waals surface area contributed by atoms with Crippen LogP contribution in [0.1, 0.15) is 13.3 Å². The lowest BCUT2D eigenvalue weighted by Crippen LogP contribution is -2.08. The van der Waals surface area contributed by atoms with Crippen LogP contribution >= 0.6 is 58.0 Å². The molecule has 17 heavy (non-hydrogen) atoms. The van der Waals surface area contributed by atoms with Crippen LogP contribution in [-0.2, 0) is 9.84 Å². The van der Waals surface area contributed by atoms with Gasteiger partial charge < -0.3 is 0 Å². The quantitative estimate of drug-likeness (QED) is 0.555. The van der Waals surface area contributed by atoms with Gasteiger partial charge in [0.1, 0.15) is 4.90 Å². The highest BCUT2D eigenvalue weighted by molar-refractivity contribution is 7.91. The van der Waals surface area contributed by atoms with Gasteiger partial charge in [0.05, 0.1) is 30.9 Å². The van der Waals surface area contributed by atoms with Crippen LogP contribution in [0.25, 0.3) is 0 Å². The lowest BCUT2D eigenvalue weighted by Gasteiger charge is -2.12. The van der Waals surface area contributed by atoms with Crippen molar-refractivity contribution in [2.45, 2.75) is 18.2 Å². The topological polar surface area (TPSA) is 34.1 Å². The molecule has 0 bridgehead atoms. The highest BCUT2D eigenvalue weighted by Crippen LogP contribution is 2.46. The van der Waals surface area contributed by atoms with Gasteiger partial charge in [-0.15, -0.1) is 0 Å². The maximum Gasteiger partial charge on any atom is 0.181 e. The molecular weight excluding hydrogens is 349 g/mol. The fourth-order valence-electron chi connectivity index (χ4n) is 1.23. The summed E-state index contributed by atoms with van der Waals surface area (Å²) in [6.07, 6.45) is 0.423. The van der Waals surface area contributed by atoms with Crippen molar-refractivity contribution in [1.82, 2.24) is 0 Å². The van der Waals surface area contributed by atoms with Gasteiger partial charge in [0.15, 0.2) is 9.84 Å². The van der Waals surface area contributed by atoms with E-state index >= 15 is 0 Å². The molecule has 1 rings (SSSR count). The largest absolute Gasteiger partial charge is 0.224 e. The van der Waals surface area contributed by atoms with Crippen LogP contribution in [0.15, 0.2) is 4.90 Å². The van der Waals surface area contributed by atoms with E-state index in [2.05, 4.69) is 0 Å². The number of rotatable bonds is 3. The van der Waals surface area contributed by atoms with Gasteiger partial charge in [-0.3, -0.25) is 0 Å². The number of benzene rings is 1. The first-order valence-electron chi connectivity index (χ1n) is 4.48. The van der Waals surface area contributed by atoms with Gasteiger partial charge in [-0.1, -0.05) is 64.9 Å². The summed E-state index contributed by atoms with van der Waals surface area (Å²) in [6.45, 7) is 1.72. The van der Waals surface area contributed by atoms with Crippen molar-refractivity contribution in [2.24, 2.45) is 0 Å². The van der Waals surface area contributed by atoms with E-state index in [1.54, 1.807) is 6.92 Å². The molecule has 0 saturated heterocycles. The molecule has 0 atom stereocenters. The van der Waals surface area contributed by atoms with Gasteiger partial charge in [-0.25, -0.2) is 8.42 Å². The number of hydrogen-bond donors (Lipinski definition) is 0. The molecule has 0 aromatic heterocycles. The average molecular weight is 356 g/mol. The minimum Gasteiger partial charge on any atom is -0.224 e. The van der Waals surface area contributed by atoms with Crippen LogP contribution < -0.4 is 0 Å². The standard InChI is InChI=1S/C9H7Cl5O2S/c1-2-3-17(15,16)9-7(13)5(11)4(10)6(12)8(9)14/h2-3H2,1H3. The molecule has 96 valence electrons. The summed E-state index contributed by atoms with van der Waals surface area (Å²) in [5.41, 5.74) is 0. The van der Waals surface area contributed by atoms with Crippen molar-refractivity contribution < 1.29 is 8.42 Å². The molecule has 1 aromatic rings. The van der Waals surface area contributed by atoms with Crippen LogP contribution in [0.2, 0.25) is 25.1 Å². The Hall–Kier alpha value is 0.620. The Morgan fingerprint density at radius 2 is 1.18 bits per heavy atom. The highest BCUT2D eigenvalue weighted by Gasteiger charge is 2.27. The zero-order valence-electron chi connectivity index (χ0n) is 8.53. The number of halogens is 5. The van der Waals surface area contributed by atoms with Gasteiger partial charge in [0.2, 0.25) is 0 Å². The lowest BCUT2D eigenvalue weighted by molar-refractivity contribution is 0.595. The van der Waals surface area contributed by atoms with Crippen LogP contribution in [-0.4, -0.2) is 14.2 Å². The molecular formula is C9H7Cl5O2S. The zero-order chi connectivity index (χ0) is 13.4. The van der Waals surface area contributed by atoms with E-state index in [9.17, 15) is 8.42 Å². The monoisotopic (exact) mass is 354 g/mol. The Morgan fingerprint density at radius 3 is 1.53 bits per heavy atom. The summed E-state index contributed by atoms with van der Waals surface area (Å²) in [6, 6.07) is 0. The average Bonchev–Trinajstić information content (AvgIpc) is 2.23. The van der Waals surface area contributed by atoms with E-state index in [0.29, 0.717) is 6.42 Å². The summed E-state index contributed by atoms with van der Waals surface area (Å²) in [7, 11) is -3.62. The van der Waals surface area contributed by atoms with E-state index in [1.807, 2.05) is 0 Å². The van der Waals surface area contributed by atoms with Crippen molar-refractivity contribution in [3.8, 4) is 0 Å². The Balaban J connectivity index is 3.67. The molecule has 0 saturated carbocycles. The number of hydrogen-bond acceptors (Lipinski definition) is 2. The Labute approximate surface area is 125 Å². The third kappa shape index (κ3) is 2.96. The van der Waals surface area contributed by atoms with Crippen LogP contribution in [0, 0.1) is 0 Å². The van der Waals surface area contributed by atoms with E-state index < -0.39 is 9.84 Å². The maximum atomic E-state index is 12.0. The summed E-state index contributed by atoms with van der Waals surface area (Å²) < 4.78 is 23.9. The molecule has 0 radical (unpaired) electrons. The summed E-state index contributed by atoms with van der Waals surface area (Å²) in [5, 5.41) is -0.673. The second-order valence-electron chi connectivity index (χ2n) is 3.22. The van der Waals surface area contributed by atoms with Gasteiger partial charge in [-0.05, 0) is 6.42 Å². The molecule has 0 aliphatic carbocycles. The third-order valence-electron chi connectivity index (χ3n) is 1.95. The molecule has 2 nitrogen and oxygen atoms in total. The van der Waals surface area contributed by atoms with E-state index in [-0.39, 0.29) is 35.8 Å². The SMILES string of the molecule is CCCS(=O)(=O)c1c(Cl)c(Cl)c(Cl)c(Cl)c1Cl. The van der Waals surface area contributed by atoms with Gasteiger partial charge in [0.25, 0.3) is 0 Å². The zero-order valence-corrected chi connectivity index (χ0v) is 13.1. The molecule has 0 aliphatic heterocycles. The summed E-state index contributed by atoms with van der Waals surface area (Å²) >= 11 is 29.1. The highest BCUT2D eigenvalue weighted by atomic mass is 35.5. The van der Waals surface area contributed by atoms with Crippen molar-refractivity contribution in [3.63, 3.8) is 0 Å². The van der Waals surface area contributed by atoms with Gasteiger partial charge >= 0.3 is 0 Å². The summed E-state index contributed by atoms with van der Waals surface area (Å²) in [4.78, 5) is -0.262. The van der Waals surface area contributed by atoms with Crippen molar-refractivity contribution in [2.75, 3.05) is 5.75 Å². The van der Waals surface area contributed by atoms with Crippen LogP contribution in [0.3, 0.4) is 0 Å². The first-order valence-corrected chi connectivity index (χ1v) is 8.02. The van der Waals surface area contributed by atoms with Crippen LogP contribution in [0.5, 0.6) is 0 Å². The smallest absolute Gasteiger partial charge is 0.181 e. The molecule has 0 N–H and O–H groups in total. The van der Waals surface area contributed by atoms with Gasteiger partial charge in [0, 0.05) is 0 Å². The Bertz CT molecular complexity index is 524. The first kappa shape index (κ1) is 15.7. The lowest BCUT2D eigenvalue weighted by atomic mass is 10.3.